The molecule has 0 aliphatic rings. The summed E-state index contributed by atoms with van der Waals surface area (Å²) in [4.78, 5) is 0. The van der Waals surface area contributed by atoms with Gasteiger partial charge in [-0.05, 0) is 0 Å². The van der Waals surface area contributed by atoms with Gasteiger partial charge >= 0.3 is 83.5 Å². The van der Waals surface area contributed by atoms with E-state index in [1.54, 1.807) is 0 Å². The van der Waals surface area contributed by atoms with E-state index in [1.165, 1.54) is 0 Å². The van der Waals surface area contributed by atoms with Gasteiger partial charge in [-0.3, -0.25) is 0 Å². The maximum Gasteiger partial charge on any atom is 4.00 e. The third-order valence-corrected chi connectivity index (χ3v) is 0. The quantitative estimate of drug-likeness (QED) is 0.397. The molecule has 0 aromatic rings. The second kappa shape index (κ2) is 105. The summed E-state index contributed by atoms with van der Waals surface area (Å²) >= 11 is 0. The number of rotatable bonds is 0. The van der Waals surface area contributed by atoms with Crippen LogP contribution in [0.4, 0.5) is 0 Å². The van der Waals surface area contributed by atoms with Gasteiger partial charge in [0.1, 0.15) is 0 Å². The number of hydrogen-bond acceptors (Lipinski definition) is 0. The molecule has 0 aliphatic heterocycles. The monoisotopic (exact) mass is 476 g/mol. The van der Waals surface area contributed by atoms with Crippen LogP contribution in [0, 0.1) is 35.6 Å². The molecular formula is BiLaO5Ti. The van der Waals surface area contributed by atoms with Crippen molar-refractivity contribution in [2.75, 3.05) is 0 Å². The van der Waals surface area contributed by atoms with Crippen molar-refractivity contribution in [1.29, 1.82) is 0 Å². The van der Waals surface area contributed by atoms with Gasteiger partial charge in [0.05, 0.1) is 0 Å². The Kier molecular flexibility index (Phi) is 1910. The number of hydrogen-bond donors (Lipinski definition) is 0. The fourth-order valence-electron chi connectivity index (χ4n) is 0. The van der Waals surface area contributed by atoms with E-state index in [9.17, 15) is 0 Å². The van der Waals surface area contributed by atoms with E-state index in [0.29, 0.717) is 0 Å². The first-order valence-corrected chi connectivity index (χ1v) is 0. The summed E-state index contributed by atoms with van der Waals surface area (Å²) in [5.41, 5.74) is 0. The van der Waals surface area contributed by atoms with E-state index in [-0.39, 0.29) is 111 Å². The molecule has 0 aromatic heterocycles. The summed E-state index contributed by atoms with van der Waals surface area (Å²) in [5.74, 6) is 0. The normalized spacial score (nSPS) is 0. The molecule has 0 spiro atoms. The Balaban J connectivity index is 0. The first-order valence-electron chi connectivity index (χ1n) is 0. The molecule has 0 bridgehead atoms. The smallest absolute Gasteiger partial charge is 2.00 e. The van der Waals surface area contributed by atoms with Crippen LogP contribution >= 0.6 is 0 Å². The van der Waals surface area contributed by atoms with Crippen LogP contribution in [-0.4, -0.2) is 26.2 Å². The Labute approximate surface area is 109 Å². The van der Waals surface area contributed by atoms with Crippen LogP contribution in [0.5, 0.6) is 0 Å². The zero-order valence-corrected chi connectivity index (χ0v) is 12.2. The van der Waals surface area contributed by atoms with Gasteiger partial charge in [-0.1, -0.05) is 0 Å². The summed E-state index contributed by atoms with van der Waals surface area (Å²) < 4.78 is 0. The van der Waals surface area contributed by atoms with E-state index in [4.69, 9.17) is 0 Å². The molecule has 0 atom stereocenters. The summed E-state index contributed by atoms with van der Waals surface area (Å²) in [7, 11) is 0. The standard InChI is InChI=1S/Bi.La.5O.Ti/q2*+3;5*-2;+4. The average Bonchev–Trinajstić information content (AvgIpc) is 0. The van der Waals surface area contributed by atoms with E-state index >= 15 is 0 Å². The summed E-state index contributed by atoms with van der Waals surface area (Å²) in [6.45, 7) is 0. The van der Waals surface area contributed by atoms with Crippen molar-refractivity contribution < 1.29 is 84.7 Å². The van der Waals surface area contributed by atoms with Gasteiger partial charge in [0.25, 0.3) is 0 Å². The first-order chi connectivity index (χ1) is 0. The molecule has 8 heavy (non-hydrogen) atoms. The predicted octanol–water partition coefficient (Wildman–Crippen LogP) is -0.977. The van der Waals surface area contributed by atoms with Crippen molar-refractivity contribution in [1.82, 2.24) is 0 Å². The van der Waals surface area contributed by atoms with Crippen LogP contribution in [0.15, 0.2) is 0 Å². The largest absolute Gasteiger partial charge is 4.00 e. The average molecular weight is 476 g/mol. The minimum Gasteiger partial charge on any atom is -2.00 e. The predicted molar refractivity (Wildman–Crippen MR) is 9.19 cm³/mol. The Morgan fingerprint density at radius 3 is 0.500 bits per heavy atom. The van der Waals surface area contributed by atoms with Gasteiger partial charge in [-0.2, -0.15) is 0 Å². The van der Waals surface area contributed by atoms with E-state index in [1.807, 2.05) is 0 Å². The SMILES string of the molecule is [Bi+3].[La+3].[O-2].[O-2].[O-2].[O-2].[O-2].[Ti+4]. The molecule has 0 aromatic carbocycles. The third-order valence-electron chi connectivity index (χ3n) is 0. The van der Waals surface area contributed by atoms with Crippen molar-refractivity contribution in [2.45, 2.75) is 0 Å². The molecule has 2 radical (unpaired) electrons. The van der Waals surface area contributed by atoms with Crippen LogP contribution in [0.1, 0.15) is 0 Å². The molecule has 0 N–H and O–H groups in total. The molecule has 0 saturated carbocycles. The molecule has 0 fully saturated rings. The second-order valence-electron chi connectivity index (χ2n) is 0. The van der Waals surface area contributed by atoms with Gasteiger partial charge in [0, 0.05) is 0 Å². The van der Waals surface area contributed by atoms with Crippen molar-refractivity contribution in [2.24, 2.45) is 0 Å². The van der Waals surface area contributed by atoms with Crippen molar-refractivity contribution in [3.63, 3.8) is 0 Å². The summed E-state index contributed by atoms with van der Waals surface area (Å²) in [5, 5.41) is 0. The molecule has 0 amide bonds. The van der Waals surface area contributed by atoms with Crippen LogP contribution in [0.25, 0.3) is 0 Å². The van der Waals surface area contributed by atoms with Crippen LogP contribution < -0.4 is 0 Å². The van der Waals surface area contributed by atoms with Gasteiger partial charge < -0.3 is 27.4 Å². The van der Waals surface area contributed by atoms with Crippen LogP contribution in [0.3, 0.4) is 0 Å². The first kappa shape index (κ1) is 145. The Bertz CT molecular complexity index is 12.4. The molecule has 42 valence electrons. The summed E-state index contributed by atoms with van der Waals surface area (Å²) in [6, 6.07) is 0. The molecule has 0 unspecified atom stereocenters. The van der Waals surface area contributed by atoms with Crippen LogP contribution in [-0.2, 0) is 49.1 Å². The van der Waals surface area contributed by atoms with Gasteiger partial charge in [-0.15, -0.1) is 0 Å². The second-order valence-corrected chi connectivity index (χ2v) is 0. The minimum absolute atomic E-state index is 0. The molecule has 0 rings (SSSR count). The molecule has 8 heteroatoms. The van der Waals surface area contributed by atoms with Gasteiger partial charge in [0.15, 0.2) is 0 Å². The molecule has 0 heterocycles. The minimum atomic E-state index is 0. The molecule has 0 aliphatic carbocycles. The Morgan fingerprint density at radius 1 is 0.500 bits per heavy atom. The van der Waals surface area contributed by atoms with Gasteiger partial charge in [-0.25, -0.2) is 0 Å². The zero-order valence-electron chi connectivity index (χ0n) is 3.57. The maximum absolute atomic E-state index is 0. The maximum atomic E-state index is 0. The third kappa shape index (κ3) is 73.7. The van der Waals surface area contributed by atoms with Crippen molar-refractivity contribution in [3.05, 3.63) is 0 Å². The zero-order chi connectivity index (χ0) is 0. The van der Waals surface area contributed by atoms with Crippen molar-refractivity contribution >= 4 is 26.2 Å². The fourth-order valence-corrected chi connectivity index (χ4v) is 0. The van der Waals surface area contributed by atoms with Crippen LogP contribution in [0.2, 0.25) is 0 Å². The van der Waals surface area contributed by atoms with Crippen molar-refractivity contribution in [3.8, 4) is 0 Å². The Morgan fingerprint density at radius 2 is 0.500 bits per heavy atom. The molecule has 0 saturated heterocycles. The van der Waals surface area contributed by atoms with Gasteiger partial charge in [0.2, 0.25) is 0 Å². The Hall–Kier alpha value is 2.59. The van der Waals surface area contributed by atoms with E-state index in [0.717, 1.165) is 0 Å². The summed E-state index contributed by atoms with van der Waals surface area (Å²) in [6.07, 6.45) is 0. The fraction of sp³-hybridized carbons (Fsp3) is 0. The van der Waals surface area contributed by atoms with E-state index in [2.05, 4.69) is 0 Å². The topological polar surface area (TPSA) is 142 Å². The molecule has 5 nitrogen and oxygen atoms in total. The van der Waals surface area contributed by atoms with E-state index < -0.39 is 0 Å². The molecular weight excluding hydrogens is 476 g/mol.